The van der Waals surface area contributed by atoms with E-state index in [1.165, 1.54) is 11.3 Å². The van der Waals surface area contributed by atoms with Crippen molar-refractivity contribution in [2.45, 2.75) is 38.8 Å². The Hall–Kier alpha value is -0.450. The van der Waals surface area contributed by atoms with Crippen LogP contribution >= 0.6 is 11.3 Å². The van der Waals surface area contributed by atoms with Crippen LogP contribution in [-0.4, -0.2) is 12.1 Å². The monoisotopic (exact) mass is 216 g/mol. The molecular weight excluding hydrogens is 199 g/mol. The number of hydrogen-bond acceptors (Lipinski definition) is 3. The molecule has 0 aliphatic heterocycles. The van der Waals surface area contributed by atoms with Crippen molar-refractivity contribution < 1.29 is 4.39 Å². The van der Waals surface area contributed by atoms with Gasteiger partial charge in [0.2, 0.25) is 0 Å². The molecule has 0 aromatic carbocycles. The summed E-state index contributed by atoms with van der Waals surface area (Å²) in [6, 6.07) is 1.71. The van der Waals surface area contributed by atoms with Crippen molar-refractivity contribution in [3.63, 3.8) is 0 Å². The third-order valence-electron chi connectivity index (χ3n) is 1.92. The van der Waals surface area contributed by atoms with E-state index in [0.717, 1.165) is 23.3 Å². The third kappa shape index (κ3) is 3.36. The number of halogens is 1. The highest BCUT2D eigenvalue weighted by atomic mass is 32.1. The molecule has 1 heterocycles. The Kier molecular flexibility index (Phi) is 4.04. The van der Waals surface area contributed by atoms with Crippen LogP contribution in [0.3, 0.4) is 0 Å². The standard InChI is InChI=1S/C10H17FN2S/c1-6(12)3-8-5-10(11)14-9(8)4-7(2)13/h5-7H,3-4,12-13H2,1-2H3. The molecule has 0 saturated carbocycles. The maximum Gasteiger partial charge on any atom is 0.176 e. The summed E-state index contributed by atoms with van der Waals surface area (Å²) in [6.45, 7) is 3.85. The summed E-state index contributed by atoms with van der Waals surface area (Å²) in [5.41, 5.74) is 12.4. The van der Waals surface area contributed by atoms with Gasteiger partial charge in [-0.15, -0.1) is 11.3 Å². The van der Waals surface area contributed by atoms with Crippen molar-refractivity contribution in [2.24, 2.45) is 11.5 Å². The Morgan fingerprint density at radius 2 is 1.86 bits per heavy atom. The van der Waals surface area contributed by atoms with Crippen molar-refractivity contribution in [3.8, 4) is 0 Å². The first-order valence-electron chi connectivity index (χ1n) is 4.77. The minimum atomic E-state index is -0.142. The maximum atomic E-state index is 13.0. The molecule has 0 aliphatic carbocycles. The molecule has 0 spiro atoms. The average Bonchev–Trinajstić information content (AvgIpc) is 2.28. The first-order valence-corrected chi connectivity index (χ1v) is 5.59. The Labute approximate surface area is 88.1 Å². The summed E-state index contributed by atoms with van der Waals surface area (Å²) in [6.07, 6.45) is 1.46. The van der Waals surface area contributed by atoms with Gasteiger partial charge in [0.15, 0.2) is 5.13 Å². The van der Waals surface area contributed by atoms with E-state index in [0.29, 0.717) is 0 Å². The van der Waals surface area contributed by atoms with Crippen molar-refractivity contribution >= 4 is 11.3 Å². The van der Waals surface area contributed by atoms with Crippen LogP contribution in [0.2, 0.25) is 0 Å². The van der Waals surface area contributed by atoms with E-state index in [2.05, 4.69) is 0 Å². The summed E-state index contributed by atoms with van der Waals surface area (Å²) in [4.78, 5) is 1.04. The molecule has 2 unspecified atom stereocenters. The predicted molar refractivity (Wildman–Crippen MR) is 59.0 cm³/mol. The fourth-order valence-corrected chi connectivity index (χ4v) is 2.47. The molecule has 1 aromatic heterocycles. The Balaban J connectivity index is 2.80. The van der Waals surface area contributed by atoms with E-state index in [-0.39, 0.29) is 17.2 Å². The van der Waals surface area contributed by atoms with Crippen molar-refractivity contribution in [3.05, 3.63) is 21.6 Å². The molecule has 14 heavy (non-hydrogen) atoms. The molecule has 4 heteroatoms. The van der Waals surface area contributed by atoms with Gasteiger partial charge in [0, 0.05) is 17.0 Å². The summed E-state index contributed by atoms with van der Waals surface area (Å²) >= 11 is 1.18. The van der Waals surface area contributed by atoms with E-state index >= 15 is 0 Å². The van der Waals surface area contributed by atoms with Crippen LogP contribution in [0.4, 0.5) is 4.39 Å². The first kappa shape index (κ1) is 11.6. The van der Waals surface area contributed by atoms with Gasteiger partial charge in [-0.3, -0.25) is 0 Å². The molecule has 0 bridgehead atoms. The summed E-state index contributed by atoms with van der Waals surface area (Å²) < 4.78 is 13.0. The second-order valence-electron chi connectivity index (χ2n) is 3.86. The minimum absolute atomic E-state index is 0.0656. The summed E-state index contributed by atoms with van der Waals surface area (Å²) in [7, 11) is 0. The van der Waals surface area contributed by atoms with E-state index in [1.807, 2.05) is 13.8 Å². The molecule has 0 aliphatic rings. The molecule has 1 aromatic rings. The number of thiophene rings is 1. The van der Waals surface area contributed by atoms with Crippen LogP contribution in [-0.2, 0) is 12.8 Å². The lowest BCUT2D eigenvalue weighted by Crippen LogP contribution is -2.21. The van der Waals surface area contributed by atoms with Gasteiger partial charge >= 0.3 is 0 Å². The highest BCUT2D eigenvalue weighted by molar-refractivity contribution is 7.10. The van der Waals surface area contributed by atoms with E-state index < -0.39 is 0 Å². The van der Waals surface area contributed by atoms with Gasteiger partial charge in [-0.25, -0.2) is 0 Å². The van der Waals surface area contributed by atoms with Gasteiger partial charge in [0.25, 0.3) is 0 Å². The largest absolute Gasteiger partial charge is 0.328 e. The zero-order chi connectivity index (χ0) is 10.7. The lowest BCUT2D eigenvalue weighted by atomic mass is 10.1. The number of nitrogens with two attached hydrogens (primary N) is 2. The Bertz CT molecular complexity index is 267. The van der Waals surface area contributed by atoms with Crippen LogP contribution in [0.1, 0.15) is 24.3 Å². The predicted octanol–water partition coefficient (Wildman–Crippen LogP) is 1.67. The summed E-state index contributed by atoms with van der Waals surface area (Å²) in [5, 5.41) is -0.142. The molecule has 0 amide bonds. The Morgan fingerprint density at radius 3 is 2.36 bits per heavy atom. The first-order chi connectivity index (χ1) is 6.49. The highest BCUT2D eigenvalue weighted by Gasteiger charge is 2.11. The van der Waals surface area contributed by atoms with Gasteiger partial charge in [-0.1, -0.05) is 0 Å². The smallest absolute Gasteiger partial charge is 0.176 e. The van der Waals surface area contributed by atoms with Crippen LogP contribution < -0.4 is 11.5 Å². The molecule has 0 radical (unpaired) electrons. The van der Waals surface area contributed by atoms with E-state index in [1.54, 1.807) is 6.07 Å². The van der Waals surface area contributed by atoms with E-state index in [9.17, 15) is 4.39 Å². The second-order valence-corrected chi connectivity index (χ2v) is 4.95. The normalized spacial score (nSPS) is 15.5. The van der Waals surface area contributed by atoms with Crippen LogP contribution in [0, 0.1) is 5.13 Å². The van der Waals surface area contributed by atoms with Crippen LogP contribution in [0.25, 0.3) is 0 Å². The lowest BCUT2D eigenvalue weighted by Gasteiger charge is -2.08. The van der Waals surface area contributed by atoms with Crippen molar-refractivity contribution in [1.82, 2.24) is 0 Å². The number of hydrogen-bond donors (Lipinski definition) is 2. The van der Waals surface area contributed by atoms with Gasteiger partial charge < -0.3 is 11.5 Å². The van der Waals surface area contributed by atoms with Crippen LogP contribution in [0.15, 0.2) is 6.07 Å². The molecule has 80 valence electrons. The zero-order valence-electron chi connectivity index (χ0n) is 8.59. The second kappa shape index (κ2) is 4.87. The van der Waals surface area contributed by atoms with E-state index in [4.69, 9.17) is 11.5 Å². The maximum absolute atomic E-state index is 13.0. The minimum Gasteiger partial charge on any atom is -0.328 e. The molecule has 1 rings (SSSR count). The van der Waals surface area contributed by atoms with Gasteiger partial charge in [0.1, 0.15) is 0 Å². The zero-order valence-corrected chi connectivity index (χ0v) is 9.40. The van der Waals surface area contributed by atoms with Crippen LogP contribution in [0.5, 0.6) is 0 Å². The average molecular weight is 216 g/mol. The Morgan fingerprint density at radius 1 is 1.29 bits per heavy atom. The topological polar surface area (TPSA) is 52.0 Å². The molecule has 2 nitrogen and oxygen atoms in total. The van der Waals surface area contributed by atoms with Gasteiger partial charge in [-0.05, 0) is 38.3 Å². The molecule has 0 fully saturated rings. The number of rotatable bonds is 4. The molecule has 4 N–H and O–H groups in total. The van der Waals surface area contributed by atoms with Gasteiger partial charge in [0.05, 0.1) is 0 Å². The molecular formula is C10H17FN2S. The lowest BCUT2D eigenvalue weighted by molar-refractivity contribution is 0.653. The summed E-state index contributed by atoms with van der Waals surface area (Å²) in [5.74, 6) is 0. The fourth-order valence-electron chi connectivity index (χ4n) is 1.42. The van der Waals surface area contributed by atoms with Crippen molar-refractivity contribution in [2.75, 3.05) is 0 Å². The molecule has 0 saturated heterocycles. The molecule has 2 atom stereocenters. The van der Waals surface area contributed by atoms with Crippen molar-refractivity contribution in [1.29, 1.82) is 0 Å². The SMILES string of the molecule is CC(N)Cc1cc(F)sc1CC(C)N. The van der Waals surface area contributed by atoms with Gasteiger partial charge in [-0.2, -0.15) is 4.39 Å². The third-order valence-corrected chi connectivity index (χ3v) is 2.90. The fraction of sp³-hybridized carbons (Fsp3) is 0.600. The quantitative estimate of drug-likeness (QED) is 0.804. The highest BCUT2D eigenvalue weighted by Crippen LogP contribution is 2.23.